The molecule has 8 bridgehead atoms. The van der Waals surface area contributed by atoms with Gasteiger partial charge in [-0.15, -0.1) is 0 Å². The second kappa shape index (κ2) is 14.8. The summed E-state index contributed by atoms with van der Waals surface area (Å²) in [6, 6.07) is 33.9. The SMILES string of the molecule is Cc1cc2c(O)c(c1)Cc1cc(CCc3ccccc3)cc(c1O)Cc1cc(S(=O)(=O)O)cc(c1O)Cc1cc(CCc3ccccc3)cc(c1O)C2. The lowest BCUT2D eigenvalue weighted by molar-refractivity contribution is 0.449. The number of aryl methyl sites for hydroxylation is 5. The van der Waals surface area contributed by atoms with Crippen molar-refractivity contribution in [3.8, 4) is 23.0 Å². The Morgan fingerprint density at radius 3 is 1.04 bits per heavy atom. The van der Waals surface area contributed by atoms with Crippen LogP contribution >= 0.6 is 0 Å². The van der Waals surface area contributed by atoms with E-state index in [1.54, 1.807) is 0 Å². The highest BCUT2D eigenvalue weighted by Crippen LogP contribution is 2.40. The molecule has 6 aromatic carbocycles. The molecule has 0 radical (unpaired) electrons. The summed E-state index contributed by atoms with van der Waals surface area (Å²) in [4.78, 5) is -0.392. The largest absolute Gasteiger partial charge is 0.507 e. The molecule has 7 rings (SSSR count). The van der Waals surface area contributed by atoms with Crippen molar-refractivity contribution < 1.29 is 33.4 Å². The van der Waals surface area contributed by atoms with Gasteiger partial charge in [-0.3, -0.25) is 4.55 Å². The summed E-state index contributed by atoms with van der Waals surface area (Å²) in [6.45, 7) is 1.95. The Morgan fingerprint density at radius 1 is 0.434 bits per heavy atom. The second-order valence-electron chi connectivity index (χ2n) is 14.2. The van der Waals surface area contributed by atoms with Gasteiger partial charge in [0.05, 0.1) is 4.90 Å². The standard InChI is InChI=1S/C45H42O7S/c1-28-16-33-22-35-18-31(14-12-29-8-4-2-5-9-29)20-37(43(35)47)24-39-26-41(53(50,51)52)27-40(45(39)49)25-38-21-32(15-13-30-10-6-3-7-11-30)19-36(44(38)48)23-34(17-28)42(33)46/h2-11,16-21,26-27,46-49H,12-15,22-25H2,1H3,(H,50,51,52). The fraction of sp³-hybridized carbons (Fsp3) is 0.200. The molecular formula is C45H42O7S. The molecular weight excluding hydrogens is 685 g/mol. The van der Waals surface area contributed by atoms with E-state index >= 15 is 0 Å². The van der Waals surface area contributed by atoms with Crippen LogP contribution in [0.4, 0.5) is 0 Å². The van der Waals surface area contributed by atoms with Crippen molar-refractivity contribution in [2.24, 2.45) is 0 Å². The molecule has 0 spiro atoms. The van der Waals surface area contributed by atoms with Crippen LogP contribution in [0.25, 0.3) is 0 Å². The van der Waals surface area contributed by atoms with Crippen molar-refractivity contribution in [2.75, 3.05) is 0 Å². The molecule has 6 aromatic rings. The average Bonchev–Trinajstić information content (AvgIpc) is 3.13. The first-order valence-electron chi connectivity index (χ1n) is 17.8. The van der Waals surface area contributed by atoms with Gasteiger partial charge >= 0.3 is 0 Å². The number of aromatic hydroxyl groups is 4. The van der Waals surface area contributed by atoms with Crippen LogP contribution in [0.2, 0.25) is 0 Å². The number of hydrogen-bond donors (Lipinski definition) is 5. The zero-order chi connectivity index (χ0) is 37.3. The molecule has 0 saturated heterocycles. The van der Waals surface area contributed by atoms with E-state index in [2.05, 4.69) is 24.3 Å². The van der Waals surface area contributed by atoms with E-state index < -0.39 is 15.0 Å². The molecule has 1 aliphatic rings. The lowest BCUT2D eigenvalue weighted by Crippen LogP contribution is -2.06. The monoisotopic (exact) mass is 726 g/mol. The molecule has 5 N–H and O–H groups in total. The number of fused-ring (bicyclic) bond motifs is 8. The summed E-state index contributed by atoms with van der Waals surface area (Å²) in [5, 5.41) is 47.0. The van der Waals surface area contributed by atoms with E-state index in [4.69, 9.17) is 0 Å². The summed E-state index contributed by atoms with van der Waals surface area (Å²) in [7, 11) is -4.69. The zero-order valence-electron chi connectivity index (χ0n) is 29.5. The maximum Gasteiger partial charge on any atom is 0.294 e. The molecule has 0 unspecified atom stereocenters. The summed E-state index contributed by atoms with van der Waals surface area (Å²) >= 11 is 0. The Bertz CT molecular complexity index is 2270. The summed E-state index contributed by atoms with van der Waals surface area (Å²) in [5.74, 6) is -0.136. The maximum atomic E-state index is 12.6. The Hall–Kier alpha value is -5.57. The lowest BCUT2D eigenvalue weighted by atomic mass is 9.88. The van der Waals surface area contributed by atoms with Crippen LogP contribution in [0, 0.1) is 6.92 Å². The van der Waals surface area contributed by atoms with Crippen LogP contribution in [0.15, 0.2) is 114 Å². The van der Waals surface area contributed by atoms with Crippen molar-refractivity contribution in [3.63, 3.8) is 0 Å². The molecule has 0 heterocycles. The van der Waals surface area contributed by atoms with Gasteiger partial charge in [-0.05, 0) is 100 Å². The zero-order valence-corrected chi connectivity index (χ0v) is 30.3. The minimum atomic E-state index is -4.69. The van der Waals surface area contributed by atoms with Gasteiger partial charge in [0.1, 0.15) is 23.0 Å². The normalized spacial score (nSPS) is 12.8. The number of phenols is 4. The smallest absolute Gasteiger partial charge is 0.294 e. The summed E-state index contributed by atoms with van der Waals surface area (Å²) in [6.07, 6.45) is 3.11. The minimum Gasteiger partial charge on any atom is -0.507 e. The van der Waals surface area contributed by atoms with E-state index in [0.717, 1.165) is 40.7 Å². The molecule has 8 heteroatoms. The molecule has 0 saturated carbocycles. The molecule has 53 heavy (non-hydrogen) atoms. The van der Waals surface area contributed by atoms with Gasteiger partial charge in [0.2, 0.25) is 0 Å². The van der Waals surface area contributed by atoms with Crippen LogP contribution < -0.4 is 0 Å². The minimum absolute atomic E-state index is 0.0212. The summed E-state index contributed by atoms with van der Waals surface area (Å²) in [5.41, 5.74) is 8.79. The van der Waals surface area contributed by atoms with Gasteiger partial charge in [-0.2, -0.15) is 8.42 Å². The third kappa shape index (κ3) is 8.09. The molecule has 1 aliphatic carbocycles. The first kappa shape index (κ1) is 35.8. The lowest BCUT2D eigenvalue weighted by Gasteiger charge is -2.20. The highest BCUT2D eigenvalue weighted by atomic mass is 32.2. The average molecular weight is 727 g/mol. The van der Waals surface area contributed by atoms with Gasteiger partial charge < -0.3 is 20.4 Å². The highest BCUT2D eigenvalue weighted by Gasteiger charge is 2.23. The third-order valence-corrected chi connectivity index (χ3v) is 11.1. The van der Waals surface area contributed by atoms with E-state index in [1.807, 2.05) is 79.7 Å². The molecule has 0 fully saturated rings. The Labute approximate surface area is 310 Å². The van der Waals surface area contributed by atoms with E-state index in [1.165, 1.54) is 12.1 Å². The fourth-order valence-corrected chi connectivity index (χ4v) is 8.11. The van der Waals surface area contributed by atoms with Crippen molar-refractivity contribution in [3.05, 3.63) is 182 Å². The molecule has 0 atom stereocenters. The number of rotatable bonds is 7. The van der Waals surface area contributed by atoms with Crippen LogP contribution in [-0.2, 0) is 61.5 Å². The Balaban J connectivity index is 1.40. The van der Waals surface area contributed by atoms with Crippen LogP contribution in [-0.4, -0.2) is 33.4 Å². The van der Waals surface area contributed by atoms with Crippen LogP contribution in [0.5, 0.6) is 23.0 Å². The topological polar surface area (TPSA) is 135 Å². The van der Waals surface area contributed by atoms with Crippen LogP contribution in [0.1, 0.15) is 72.3 Å². The van der Waals surface area contributed by atoms with Gasteiger partial charge in [0, 0.05) is 36.8 Å². The third-order valence-electron chi connectivity index (χ3n) is 10.2. The van der Waals surface area contributed by atoms with Crippen LogP contribution in [0.3, 0.4) is 0 Å². The number of phenolic OH excluding ortho intramolecular Hbond substituents is 4. The predicted molar refractivity (Wildman–Crippen MR) is 206 cm³/mol. The first-order valence-corrected chi connectivity index (χ1v) is 19.2. The van der Waals surface area contributed by atoms with Crippen molar-refractivity contribution in [1.82, 2.24) is 0 Å². The van der Waals surface area contributed by atoms with Gasteiger partial charge in [-0.25, -0.2) is 0 Å². The molecule has 0 aliphatic heterocycles. The predicted octanol–water partition coefficient (Wildman–Crippen LogP) is 8.31. The molecule has 7 nitrogen and oxygen atoms in total. The Kier molecular flexibility index (Phi) is 10.0. The fourth-order valence-electron chi connectivity index (χ4n) is 7.53. The first-order chi connectivity index (χ1) is 25.4. The second-order valence-corrected chi connectivity index (χ2v) is 15.6. The van der Waals surface area contributed by atoms with Crippen molar-refractivity contribution >= 4 is 10.1 Å². The quantitative estimate of drug-likeness (QED) is 0.104. The van der Waals surface area contributed by atoms with Crippen molar-refractivity contribution in [1.29, 1.82) is 0 Å². The molecule has 0 aromatic heterocycles. The Morgan fingerprint density at radius 2 is 0.717 bits per heavy atom. The molecule has 0 amide bonds. The van der Waals surface area contributed by atoms with Gasteiger partial charge in [0.15, 0.2) is 0 Å². The highest BCUT2D eigenvalue weighted by molar-refractivity contribution is 7.85. The van der Waals surface area contributed by atoms with Gasteiger partial charge in [0.25, 0.3) is 10.1 Å². The van der Waals surface area contributed by atoms with E-state index in [9.17, 15) is 33.4 Å². The van der Waals surface area contributed by atoms with Gasteiger partial charge in [-0.1, -0.05) is 103 Å². The van der Waals surface area contributed by atoms with E-state index in [0.29, 0.717) is 46.2 Å². The van der Waals surface area contributed by atoms with E-state index in [-0.39, 0.29) is 59.8 Å². The maximum absolute atomic E-state index is 12.6. The summed E-state index contributed by atoms with van der Waals surface area (Å²) < 4.78 is 35.4. The number of hydrogen-bond acceptors (Lipinski definition) is 6. The molecule has 270 valence electrons. The van der Waals surface area contributed by atoms with Crippen molar-refractivity contribution in [2.45, 2.75) is 63.2 Å². The number of benzene rings is 6.